The van der Waals surface area contributed by atoms with Crippen LogP contribution in [0.5, 0.6) is 5.88 Å². The van der Waals surface area contributed by atoms with Gasteiger partial charge in [-0.2, -0.15) is 5.10 Å². The molecule has 0 aliphatic heterocycles. The van der Waals surface area contributed by atoms with Gasteiger partial charge in [-0.05, 0) is 42.7 Å². The van der Waals surface area contributed by atoms with Gasteiger partial charge in [0.05, 0.1) is 29.5 Å². The molecular weight excluding hydrogens is 476 g/mol. The van der Waals surface area contributed by atoms with Crippen LogP contribution in [0.1, 0.15) is 11.1 Å². The van der Waals surface area contributed by atoms with Gasteiger partial charge in [0.25, 0.3) is 10.0 Å². The van der Waals surface area contributed by atoms with E-state index in [4.69, 9.17) is 16.3 Å². The normalized spacial score (nSPS) is 11.7. The fourth-order valence-corrected chi connectivity index (χ4v) is 4.76. The van der Waals surface area contributed by atoms with E-state index in [2.05, 4.69) is 19.8 Å². The van der Waals surface area contributed by atoms with Crippen LogP contribution in [-0.2, 0) is 29.9 Å². The highest BCUT2D eigenvalue weighted by molar-refractivity contribution is 7.92. The van der Waals surface area contributed by atoms with Crippen molar-refractivity contribution in [3.63, 3.8) is 0 Å². The summed E-state index contributed by atoms with van der Waals surface area (Å²) in [5, 5.41) is 4.17. The zero-order chi connectivity index (χ0) is 23.8. The van der Waals surface area contributed by atoms with Crippen molar-refractivity contribution < 1.29 is 21.9 Å². The minimum absolute atomic E-state index is 0.0136. The van der Waals surface area contributed by atoms with Gasteiger partial charge in [0, 0.05) is 25.0 Å². The first-order valence-electron chi connectivity index (χ1n) is 9.65. The number of ether oxygens (including phenoxy) is 1. The van der Waals surface area contributed by atoms with E-state index in [0.717, 1.165) is 29.3 Å². The first-order valence-corrected chi connectivity index (χ1v) is 11.5. The average Bonchev–Trinajstić information content (AvgIpc) is 3.16. The third kappa shape index (κ3) is 4.60. The summed E-state index contributed by atoms with van der Waals surface area (Å²) in [7, 11) is -1.31. The third-order valence-electron chi connectivity index (χ3n) is 5.02. The molecule has 4 rings (SSSR count). The standard InChI is InChI=1S/C21H18ClF2N5O3S/c1-29-18-7-12(9-25-17(18)11-27-29)3-4-14-15(23)5-6-16(20(14)24)28-33(30,31)19-8-13(22)10-26-21(19)32-2/h5-11,28H,3-4H2,1-2H3. The van der Waals surface area contributed by atoms with Crippen molar-refractivity contribution in [3.05, 3.63) is 70.6 Å². The maximum atomic E-state index is 15.1. The molecule has 0 saturated heterocycles. The number of benzene rings is 1. The molecule has 1 N–H and O–H groups in total. The van der Waals surface area contributed by atoms with Crippen LogP contribution in [0, 0.1) is 11.6 Å². The van der Waals surface area contributed by atoms with E-state index in [-0.39, 0.29) is 34.2 Å². The molecule has 12 heteroatoms. The second kappa shape index (κ2) is 8.91. The summed E-state index contributed by atoms with van der Waals surface area (Å²) in [6, 6.07) is 4.99. The van der Waals surface area contributed by atoms with Crippen molar-refractivity contribution in [3.8, 4) is 5.88 Å². The molecule has 0 radical (unpaired) electrons. The van der Waals surface area contributed by atoms with Crippen LogP contribution in [-0.4, -0.2) is 35.3 Å². The molecule has 0 spiro atoms. The van der Waals surface area contributed by atoms with Crippen molar-refractivity contribution in [2.45, 2.75) is 17.7 Å². The van der Waals surface area contributed by atoms with Crippen LogP contribution >= 0.6 is 11.6 Å². The lowest BCUT2D eigenvalue weighted by Crippen LogP contribution is -2.16. The molecule has 1 aromatic carbocycles. The topological polar surface area (TPSA) is 99.0 Å². The summed E-state index contributed by atoms with van der Waals surface area (Å²) < 4.78 is 64.0. The fourth-order valence-electron chi connectivity index (χ4n) is 3.33. The number of nitrogens with zero attached hydrogens (tertiary/aromatic N) is 4. The van der Waals surface area contributed by atoms with Crippen molar-refractivity contribution in [1.82, 2.24) is 19.7 Å². The van der Waals surface area contributed by atoms with Gasteiger partial charge in [-0.25, -0.2) is 22.2 Å². The van der Waals surface area contributed by atoms with Gasteiger partial charge >= 0.3 is 0 Å². The van der Waals surface area contributed by atoms with E-state index in [0.29, 0.717) is 5.52 Å². The van der Waals surface area contributed by atoms with Crippen LogP contribution < -0.4 is 9.46 Å². The second-order valence-corrected chi connectivity index (χ2v) is 9.26. The Morgan fingerprint density at radius 3 is 2.67 bits per heavy atom. The van der Waals surface area contributed by atoms with E-state index in [9.17, 15) is 12.8 Å². The quantitative estimate of drug-likeness (QED) is 0.419. The summed E-state index contributed by atoms with van der Waals surface area (Å²) in [5.74, 6) is -2.01. The van der Waals surface area contributed by atoms with Crippen molar-refractivity contribution in [2.24, 2.45) is 7.05 Å². The molecule has 0 aliphatic carbocycles. The Kier molecular flexibility index (Phi) is 6.17. The molecule has 3 heterocycles. The van der Waals surface area contributed by atoms with Crippen LogP contribution in [0.4, 0.5) is 14.5 Å². The van der Waals surface area contributed by atoms with E-state index in [1.54, 1.807) is 24.1 Å². The highest BCUT2D eigenvalue weighted by atomic mass is 35.5. The first kappa shape index (κ1) is 22.9. The van der Waals surface area contributed by atoms with E-state index < -0.39 is 27.3 Å². The number of hydrogen-bond donors (Lipinski definition) is 1. The average molecular weight is 494 g/mol. The number of aryl methyl sites for hydroxylation is 2. The maximum absolute atomic E-state index is 15.1. The lowest BCUT2D eigenvalue weighted by Gasteiger charge is -2.14. The number of hydrogen-bond acceptors (Lipinski definition) is 6. The predicted octanol–water partition coefficient (Wildman–Crippen LogP) is 3.89. The first-order chi connectivity index (χ1) is 15.7. The molecular formula is C21H18ClF2N5O3S. The van der Waals surface area contributed by atoms with Crippen LogP contribution in [0.25, 0.3) is 11.0 Å². The summed E-state index contributed by atoms with van der Waals surface area (Å²) >= 11 is 5.85. The van der Waals surface area contributed by atoms with Gasteiger partial charge in [-0.1, -0.05) is 11.6 Å². The Hall–Kier alpha value is -3.31. The molecule has 0 aliphatic rings. The fraction of sp³-hybridized carbons (Fsp3) is 0.190. The molecule has 8 nitrogen and oxygen atoms in total. The lowest BCUT2D eigenvalue weighted by molar-refractivity contribution is 0.385. The number of methoxy groups -OCH3 is 1. The molecule has 0 saturated carbocycles. The molecule has 172 valence electrons. The van der Waals surface area contributed by atoms with E-state index in [1.807, 2.05) is 6.07 Å². The van der Waals surface area contributed by atoms with Gasteiger partial charge < -0.3 is 4.74 Å². The van der Waals surface area contributed by atoms with Gasteiger partial charge in [0.2, 0.25) is 5.88 Å². The molecule has 0 amide bonds. The Labute approximate surface area is 193 Å². The zero-order valence-corrected chi connectivity index (χ0v) is 19.1. The Balaban J connectivity index is 1.61. The largest absolute Gasteiger partial charge is 0.480 e. The smallest absolute Gasteiger partial charge is 0.267 e. The Morgan fingerprint density at radius 1 is 1.12 bits per heavy atom. The van der Waals surface area contributed by atoms with Crippen LogP contribution in [0.15, 0.2) is 47.8 Å². The molecule has 33 heavy (non-hydrogen) atoms. The minimum atomic E-state index is -4.32. The molecule has 4 aromatic rings. The number of anilines is 1. The minimum Gasteiger partial charge on any atom is -0.480 e. The SMILES string of the molecule is COc1ncc(Cl)cc1S(=O)(=O)Nc1ccc(F)c(CCc2cnc3cnn(C)c3c2)c1F. The van der Waals surface area contributed by atoms with Crippen molar-refractivity contribution in [1.29, 1.82) is 0 Å². The van der Waals surface area contributed by atoms with E-state index in [1.165, 1.54) is 13.3 Å². The van der Waals surface area contributed by atoms with E-state index >= 15 is 4.39 Å². The van der Waals surface area contributed by atoms with Gasteiger partial charge in [-0.15, -0.1) is 0 Å². The molecule has 0 unspecified atom stereocenters. The van der Waals surface area contributed by atoms with Gasteiger partial charge in [0.1, 0.15) is 11.3 Å². The summed E-state index contributed by atoms with van der Waals surface area (Å²) in [6.45, 7) is 0. The number of pyridine rings is 2. The molecule has 0 atom stereocenters. The summed E-state index contributed by atoms with van der Waals surface area (Å²) in [4.78, 5) is 7.72. The summed E-state index contributed by atoms with van der Waals surface area (Å²) in [5.41, 5.74) is 1.59. The number of nitrogens with one attached hydrogen (secondary N) is 1. The van der Waals surface area contributed by atoms with Gasteiger partial charge in [0.15, 0.2) is 10.7 Å². The summed E-state index contributed by atoms with van der Waals surface area (Å²) in [6.07, 6.45) is 4.72. The number of rotatable bonds is 7. The van der Waals surface area contributed by atoms with Crippen molar-refractivity contribution >= 4 is 38.3 Å². The number of sulfonamides is 1. The number of aromatic nitrogens is 4. The van der Waals surface area contributed by atoms with Crippen molar-refractivity contribution in [2.75, 3.05) is 11.8 Å². The van der Waals surface area contributed by atoms with Crippen LogP contribution in [0.2, 0.25) is 5.02 Å². The lowest BCUT2D eigenvalue weighted by atomic mass is 10.0. The number of fused-ring (bicyclic) bond motifs is 1. The predicted molar refractivity (Wildman–Crippen MR) is 119 cm³/mol. The second-order valence-electron chi connectivity index (χ2n) is 7.17. The zero-order valence-electron chi connectivity index (χ0n) is 17.5. The molecule has 0 bridgehead atoms. The number of halogens is 3. The van der Waals surface area contributed by atoms with Crippen LogP contribution in [0.3, 0.4) is 0 Å². The maximum Gasteiger partial charge on any atom is 0.267 e. The third-order valence-corrected chi connectivity index (χ3v) is 6.58. The Bertz CT molecular complexity index is 1460. The molecule has 0 fully saturated rings. The Morgan fingerprint density at radius 2 is 1.91 bits per heavy atom. The van der Waals surface area contributed by atoms with Gasteiger partial charge in [-0.3, -0.25) is 14.4 Å². The highest BCUT2D eigenvalue weighted by Gasteiger charge is 2.24. The molecule has 3 aromatic heterocycles. The highest BCUT2D eigenvalue weighted by Crippen LogP contribution is 2.29. The monoisotopic (exact) mass is 493 g/mol.